The Hall–Kier alpha value is -6.88. The van der Waals surface area contributed by atoms with Crippen molar-refractivity contribution >= 4 is 80.6 Å². The summed E-state index contributed by atoms with van der Waals surface area (Å²) < 4.78 is 74.8. The highest BCUT2D eigenvalue weighted by molar-refractivity contribution is 7.88. The van der Waals surface area contributed by atoms with Crippen molar-refractivity contribution in [3.05, 3.63) is 182 Å². The Kier molecular flexibility index (Phi) is 8.77. The SMILES string of the molecule is O=S(=O)(Oc1ccc(-c2ccc(N(c3ccc(-c4cccc5c4oc4ccccc45)cc3)c3ccc(-c4cccc5c4sc4ccccc45)cc3)cc2)cc1)C(F)(F)F. The number of alkyl halides is 3. The van der Waals surface area contributed by atoms with E-state index in [0.717, 1.165) is 61.3 Å². The number of para-hydroxylation sites is 2. The van der Waals surface area contributed by atoms with Crippen LogP contribution in [0.2, 0.25) is 0 Å². The van der Waals surface area contributed by atoms with Gasteiger partial charge in [0.25, 0.3) is 0 Å². The lowest BCUT2D eigenvalue weighted by Crippen LogP contribution is -2.28. The number of rotatable bonds is 8. The Balaban J connectivity index is 1.01. The van der Waals surface area contributed by atoms with E-state index in [-0.39, 0.29) is 0 Å². The summed E-state index contributed by atoms with van der Waals surface area (Å²) in [7, 11) is -5.77. The normalized spacial score (nSPS) is 12.1. The number of anilines is 3. The molecule has 0 fully saturated rings. The van der Waals surface area contributed by atoms with E-state index >= 15 is 0 Å². The Bertz CT molecular complexity index is 3130. The first-order valence-electron chi connectivity index (χ1n) is 18.6. The van der Waals surface area contributed by atoms with E-state index in [1.165, 1.54) is 50.0 Å². The van der Waals surface area contributed by atoms with Crippen molar-refractivity contribution in [2.24, 2.45) is 0 Å². The van der Waals surface area contributed by atoms with Crippen LogP contribution in [0.25, 0.3) is 75.5 Å². The number of furan rings is 1. The minimum atomic E-state index is -5.77. The molecular weight excluding hydrogens is 788 g/mol. The molecule has 10 aromatic rings. The number of fused-ring (bicyclic) bond motifs is 6. The monoisotopic (exact) mass is 817 g/mol. The molecule has 288 valence electrons. The van der Waals surface area contributed by atoms with E-state index in [1.54, 1.807) is 11.3 Å². The molecule has 10 rings (SSSR count). The van der Waals surface area contributed by atoms with Crippen LogP contribution >= 0.6 is 11.3 Å². The van der Waals surface area contributed by atoms with Gasteiger partial charge in [0.15, 0.2) is 0 Å². The first-order chi connectivity index (χ1) is 28.6. The van der Waals surface area contributed by atoms with Gasteiger partial charge in [-0.15, -0.1) is 11.3 Å². The first kappa shape index (κ1) is 36.5. The summed E-state index contributed by atoms with van der Waals surface area (Å²) in [6.45, 7) is 0. The highest BCUT2D eigenvalue weighted by Crippen LogP contribution is 2.43. The summed E-state index contributed by atoms with van der Waals surface area (Å²) in [6, 6.07) is 59.3. The van der Waals surface area contributed by atoms with Crippen molar-refractivity contribution in [3.63, 3.8) is 0 Å². The predicted molar refractivity (Wildman–Crippen MR) is 233 cm³/mol. The lowest BCUT2D eigenvalue weighted by atomic mass is 10.0. The molecule has 0 aliphatic carbocycles. The van der Waals surface area contributed by atoms with Crippen molar-refractivity contribution in [1.82, 2.24) is 0 Å². The molecule has 8 aromatic carbocycles. The Morgan fingerprint density at radius 3 is 1.61 bits per heavy atom. The van der Waals surface area contributed by atoms with Crippen LogP contribution < -0.4 is 9.08 Å². The molecule has 2 aromatic heterocycles. The minimum Gasteiger partial charge on any atom is -0.455 e. The van der Waals surface area contributed by atoms with Crippen molar-refractivity contribution < 1.29 is 30.2 Å². The summed E-state index contributed by atoms with van der Waals surface area (Å²) in [5.41, 5.74) is 4.60. The molecule has 0 bridgehead atoms. The van der Waals surface area contributed by atoms with Gasteiger partial charge < -0.3 is 13.5 Å². The fraction of sp³-hybridized carbons (Fsp3) is 0.0204. The molecule has 0 atom stereocenters. The zero-order valence-corrected chi connectivity index (χ0v) is 32.5. The molecule has 0 saturated carbocycles. The first-order valence-corrected chi connectivity index (χ1v) is 20.9. The van der Waals surface area contributed by atoms with E-state index in [9.17, 15) is 21.6 Å². The molecule has 5 nitrogen and oxygen atoms in total. The quantitative estimate of drug-likeness (QED) is 0.113. The van der Waals surface area contributed by atoms with Crippen molar-refractivity contribution in [2.45, 2.75) is 5.51 Å². The fourth-order valence-electron chi connectivity index (χ4n) is 7.66. The van der Waals surface area contributed by atoms with Gasteiger partial charge in [-0.3, -0.25) is 0 Å². The maximum absolute atomic E-state index is 12.9. The summed E-state index contributed by atoms with van der Waals surface area (Å²) in [6.07, 6.45) is 0. The largest absolute Gasteiger partial charge is 0.534 e. The lowest BCUT2D eigenvalue weighted by molar-refractivity contribution is -0.0500. The number of benzene rings is 8. The molecule has 0 unspecified atom stereocenters. The number of hydrogen-bond donors (Lipinski definition) is 0. The van der Waals surface area contributed by atoms with Crippen LogP contribution in [0.1, 0.15) is 0 Å². The van der Waals surface area contributed by atoms with E-state index in [4.69, 9.17) is 4.42 Å². The molecule has 0 N–H and O–H groups in total. The molecule has 0 aliphatic heterocycles. The Morgan fingerprint density at radius 1 is 0.492 bits per heavy atom. The molecular formula is C49H30F3NO4S2. The van der Waals surface area contributed by atoms with Crippen LogP contribution in [0.4, 0.5) is 30.2 Å². The summed E-state index contributed by atoms with van der Waals surface area (Å²) in [4.78, 5) is 2.16. The van der Waals surface area contributed by atoms with E-state index < -0.39 is 21.4 Å². The topological polar surface area (TPSA) is 59.8 Å². The smallest absolute Gasteiger partial charge is 0.455 e. The second kappa shape index (κ2) is 14.2. The molecule has 0 amide bonds. The predicted octanol–water partition coefficient (Wildman–Crippen LogP) is 14.7. The molecule has 2 heterocycles. The van der Waals surface area contributed by atoms with Crippen molar-refractivity contribution in [1.29, 1.82) is 0 Å². The molecule has 10 heteroatoms. The molecule has 0 aliphatic rings. The maximum atomic E-state index is 12.9. The number of hydrogen-bond acceptors (Lipinski definition) is 6. The second-order valence-corrected chi connectivity index (χ2v) is 16.6. The van der Waals surface area contributed by atoms with E-state index in [0.29, 0.717) is 5.56 Å². The highest BCUT2D eigenvalue weighted by atomic mass is 32.2. The van der Waals surface area contributed by atoms with Crippen LogP contribution in [-0.2, 0) is 10.1 Å². The van der Waals surface area contributed by atoms with Crippen LogP contribution in [0, 0.1) is 0 Å². The fourth-order valence-corrected chi connectivity index (χ4v) is 9.35. The van der Waals surface area contributed by atoms with Gasteiger partial charge >= 0.3 is 15.6 Å². The van der Waals surface area contributed by atoms with Gasteiger partial charge in [-0.1, -0.05) is 121 Å². The second-order valence-electron chi connectivity index (χ2n) is 14.0. The van der Waals surface area contributed by atoms with Gasteiger partial charge in [-0.25, -0.2) is 0 Å². The van der Waals surface area contributed by atoms with Crippen molar-refractivity contribution in [2.75, 3.05) is 4.90 Å². The van der Waals surface area contributed by atoms with Gasteiger partial charge in [0, 0.05) is 53.6 Å². The van der Waals surface area contributed by atoms with E-state index in [2.05, 4.69) is 118 Å². The number of nitrogens with zero attached hydrogens (tertiary/aromatic N) is 1. The average Bonchev–Trinajstić information content (AvgIpc) is 3.83. The van der Waals surface area contributed by atoms with Crippen LogP contribution in [0.3, 0.4) is 0 Å². The van der Waals surface area contributed by atoms with Gasteiger partial charge in [0.1, 0.15) is 16.9 Å². The van der Waals surface area contributed by atoms with Crippen molar-refractivity contribution in [3.8, 4) is 39.1 Å². The third-order valence-corrected chi connectivity index (χ3v) is 12.7. The van der Waals surface area contributed by atoms with Crippen LogP contribution in [0.15, 0.2) is 186 Å². The van der Waals surface area contributed by atoms with E-state index in [1.807, 2.05) is 48.5 Å². The zero-order chi connectivity index (χ0) is 40.3. The minimum absolute atomic E-state index is 0.430. The highest BCUT2D eigenvalue weighted by Gasteiger charge is 2.48. The van der Waals surface area contributed by atoms with Crippen LogP contribution in [0.5, 0.6) is 5.75 Å². The zero-order valence-electron chi connectivity index (χ0n) is 30.9. The summed E-state index contributed by atoms with van der Waals surface area (Å²) in [5.74, 6) is -0.430. The Labute approximate surface area is 340 Å². The van der Waals surface area contributed by atoms with Gasteiger partial charge in [-0.05, 0) is 88.5 Å². The lowest BCUT2D eigenvalue weighted by Gasteiger charge is -2.26. The average molecular weight is 818 g/mol. The molecule has 0 spiro atoms. The molecule has 0 radical (unpaired) electrons. The third-order valence-electron chi connectivity index (χ3n) is 10.5. The summed E-state index contributed by atoms with van der Waals surface area (Å²) in [5, 5.41) is 4.62. The van der Waals surface area contributed by atoms with Crippen LogP contribution in [-0.4, -0.2) is 13.9 Å². The maximum Gasteiger partial charge on any atom is 0.534 e. The molecule has 0 saturated heterocycles. The van der Waals surface area contributed by atoms with Gasteiger partial charge in [-0.2, -0.15) is 21.6 Å². The Morgan fingerprint density at radius 2 is 0.983 bits per heavy atom. The van der Waals surface area contributed by atoms with Gasteiger partial charge in [0.2, 0.25) is 0 Å². The third kappa shape index (κ3) is 6.56. The van der Waals surface area contributed by atoms with Gasteiger partial charge in [0.05, 0.1) is 0 Å². The molecule has 59 heavy (non-hydrogen) atoms. The summed E-state index contributed by atoms with van der Waals surface area (Å²) >= 11 is 1.80. The number of halogens is 3. The number of thiophene rings is 1. The standard InChI is InChI=1S/C49H30F3NO4S2/c50-49(51,52)59(54,55)57-38-29-21-32(22-30-38)31-15-23-35(24-16-31)53(36-25-17-33(18-26-36)39-9-5-11-43-41-7-1-3-13-45(41)56-47(39)43)37-27-19-34(20-28-37)40-10-6-12-44-42-8-2-4-14-46(42)58-48(40)44/h1-30H.